The number of rotatable bonds is 3. The molecule has 2 heterocycles. The van der Waals surface area contributed by atoms with Crippen LogP contribution in [-0.2, 0) is 0 Å². The quantitative estimate of drug-likeness (QED) is 0.896. The van der Waals surface area contributed by atoms with Crippen molar-refractivity contribution in [1.82, 2.24) is 15.2 Å². The van der Waals surface area contributed by atoms with Crippen molar-refractivity contribution in [2.45, 2.75) is 32.4 Å². The SMILES string of the molecule is CC(C)n1cc(Br)cc1C(=O)N[C@@H]1CCNC1. The molecule has 0 unspecified atom stereocenters. The Kier molecular flexibility index (Phi) is 3.89. The molecule has 5 heteroatoms. The largest absolute Gasteiger partial charge is 0.347 e. The van der Waals surface area contributed by atoms with Gasteiger partial charge in [-0.15, -0.1) is 0 Å². The second-order valence-corrected chi connectivity index (χ2v) is 5.62. The van der Waals surface area contributed by atoms with E-state index >= 15 is 0 Å². The molecule has 1 aliphatic rings. The molecule has 94 valence electrons. The van der Waals surface area contributed by atoms with Crippen molar-refractivity contribution in [2.24, 2.45) is 0 Å². The van der Waals surface area contributed by atoms with Gasteiger partial charge < -0.3 is 15.2 Å². The van der Waals surface area contributed by atoms with Gasteiger partial charge in [-0.2, -0.15) is 0 Å². The zero-order chi connectivity index (χ0) is 12.4. The van der Waals surface area contributed by atoms with Crippen LogP contribution in [0, 0.1) is 0 Å². The van der Waals surface area contributed by atoms with Crippen LogP contribution in [0.1, 0.15) is 36.8 Å². The van der Waals surface area contributed by atoms with Gasteiger partial charge in [0.25, 0.3) is 5.91 Å². The summed E-state index contributed by atoms with van der Waals surface area (Å²) in [7, 11) is 0. The molecule has 0 aliphatic carbocycles. The van der Waals surface area contributed by atoms with E-state index in [2.05, 4.69) is 40.4 Å². The summed E-state index contributed by atoms with van der Waals surface area (Å²) in [6.07, 6.45) is 2.96. The van der Waals surface area contributed by atoms with Gasteiger partial charge in [0.05, 0.1) is 0 Å². The molecule has 1 amide bonds. The Morgan fingerprint density at radius 1 is 1.65 bits per heavy atom. The topological polar surface area (TPSA) is 46.1 Å². The maximum atomic E-state index is 12.2. The van der Waals surface area contributed by atoms with Crippen molar-refractivity contribution >= 4 is 21.8 Å². The third kappa shape index (κ3) is 2.90. The molecule has 1 atom stereocenters. The molecule has 0 saturated carbocycles. The maximum absolute atomic E-state index is 12.2. The lowest BCUT2D eigenvalue weighted by Crippen LogP contribution is -2.37. The summed E-state index contributed by atoms with van der Waals surface area (Å²) in [6.45, 7) is 6.00. The van der Waals surface area contributed by atoms with Crippen LogP contribution in [0.5, 0.6) is 0 Å². The van der Waals surface area contributed by atoms with Gasteiger partial charge in [-0.3, -0.25) is 4.79 Å². The smallest absolute Gasteiger partial charge is 0.268 e. The number of hydrogen-bond donors (Lipinski definition) is 2. The van der Waals surface area contributed by atoms with E-state index in [1.165, 1.54) is 0 Å². The lowest BCUT2D eigenvalue weighted by atomic mass is 10.2. The second kappa shape index (κ2) is 5.23. The molecule has 1 aromatic heterocycles. The molecule has 1 aromatic rings. The molecule has 1 fully saturated rings. The van der Waals surface area contributed by atoms with E-state index in [4.69, 9.17) is 0 Å². The molecule has 4 nitrogen and oxygen atoms in total. The predicted molar refractivity (Wildman–Crippen MR) is 71.3 cm³/mol. The number of halogens is 1. The highest BCUT2D eigenvalue weighted by Gasteiger charge is 2.20. The van der Waals surface area contributed by atoms with Crippen molar-refractivity contribution in [3.05, 3.63) is 22.4 Å². The van der Waals surface area contributed by atoms with Gasteiger partial charge in [-0.1, -0.05) is 0 Å². The molecular weight excluding hydrogens is 282 g/mol. The van der Waals surface area contributed by atoms with E-state index in [9.17, 15) is 4.79 Å². The van der Waals surface area contributed by atoms with Crippen molar-refractivity contribution in [3.8, 4) is 0 Å². The van der Waals surface area contributed by atoms with E-state index in [0.29, 0.717) is 0 Å². The molecule has 2 rings (SSSR count). The number of carbonyl (C=O) groups is 1. The first kappa shape index (κ1) is 12.6. The zero-order valence-electron chi connectivity index (χ0n) is 10.2. The third-order valence-corrected chi connectivity index (χ3v) is 3.43. The Hall–Kier alpha value is -0.810. The Balaban J connectivity index is 2.12. The van der Waals surface area contributed by atoms with Crippen LogP contribution in [0.2, 0.25) is 0 Å². The Morgan fingerprint density at radius 2 is 2.41 bits per heavy atom. The number of nitrogens with zero attached hydrogens (tertiary/aromatic N) is 1. The minimum atomic E-state index is 0.0121. The summed E-state index contributed by atoms with van der Waals surface area (Å²) in [5.41, 5.74) is 0.721. The van der Waals surface area contributed by atoms with Crippen LogP contribution < -0.4 is 10.6 Å². The minimum Gasteiger partial charge on any atom is -0.347 e. The van der Waals surface area contributed by atoms with Crippen molar-refractivity contribution in [3.63, 3.8) is 0 Å². The fourth-order valence-electron chi connectivity index (χ4n) is 2.09. The van der Waals surface area contributed by atoms with Crippen molar-refractivity contribution in [2.75, 3.05) is 13.1 Å². The summed E-state index contributed by atoms with van der Waals surface area (Å²) in [4.78, 5) is 12.2. The van der Waals surface area contributed by atoms with Gasteiger partial charge in [0.15, 0.2) is 0 Å². The van der Waals surface area contributed by atoms with Gasteiger partial charge in [-0.05, 0) is 48.8 Å². The molecule has 2 N–H and O–H groups in total. The van der Waals surface area contributed by atoms with E-state index < -0.39 is 0 Å². The van der Waals surface area contributed by atoms with Gasteiger partial charge >= 0.3 is 0 Å². The Morgan fingerprint density at radius 3 is 3.00 bits per heavy atom. The number of amides is 1. The lowest BCUT2D eigenvalue weighted by Gasteiger charge is -2.15. The van der Waals surface area contributed by atoms with Crippen LogP contribution in [0.4, 0.5) is 0 Å². The first-order chi connectivity index (χ1) is 8.08. The molecule has 17 heavy (non-hydrogen) atoms. The molecule has 0 bridgehead atoms. The minimum absolute atomic E-state index is 0.0121. The van der Waals surface area contributed by atoms with Crippen molar-refractivity contribution < 1.29 is 4.79 Å². The molecule has 0 spiro atoms. The summed E-state index contributed by atoms with van der Waals surface area (Å²) in [5.74, 6) is 0.0121. The van der Waals surface area contributed by atoms with E-state index in [-0.39, 0.29) is 18.0 Å². The highest BCUT2D eigenvalue weighted by Crippen LogP contribution is 2.19. The van der Waals surface area contributed by atoms with Gasteiger partial charge in [0.2, 0.25) is 0 Å². The van der Waals surface area contributed by atoms with Gasteiger partial charge in [0, 0.05) is 29.3 Å². The van der Waals surface area contributed by atoms with Crippen LogP contribution in [-0.4, -0.2) is 29.6 Å². The van der Waals surface area contributed by atoms with Crippen LogP contribution >= 0.6 is 15.9 Å². The highest BCUT2D eigenvalue weighted by atomic mass is 79.9. The lowest BCUT2D eigenvalue weighted by molar-refractivity contribution is 0.0929. The second-order valence-electron chi connectivity index (χ2n) is 4.71. The Labute approximate surface area is 110 Å². The summed E-state index contributed by atoms with van der Waals surface area (Å²) >= 11 is 3.42. The van der Waals surface area contributed by atoms with E-state index in [1.54, 1.807) is 0 Å². The highest BCUT2D eigenvalue weighted by molar-refractivity contribution is 9.10. The number of carbonyl (C=O) groups excluding carboxylic acids is 1. The molecular formula is C12H18BrN3O. The van der Waals surface area contributed by atoms with Crippen LogP contribution in [0.25, 0.3) is 0 Å². The Bertz CT molecular complexity index is 408. The summed E-state index contributed by atoms with van der Waals surface area (Å²) < 4.78 is 2.93. The molecule has 0 radical (unpaired) electrons. The average molecular weight is 300 g/mol. The first-order valence-electron chi connectivity index (χ1n) is 5.97. The van der Waals surface area contributed by atoms with Gasteiger partial charge in [0.1, 0.15) is 5.69 Å². The van der Waals surface area contributed by atoms with E-state index in [0.717, 1.165) is 29.7 Å². The number of aromatic nitrogens is 1. The number of nitrogens with one attached hydrogen (secondary N) is 2. The fourth-order valence-corrected chi connectivity index (χ4v) is 2.53. The van der Waals surface area contributed by atoms with Crippen LogP contribution in [0.3, 0.4) is 0 Å². The van der Waals surface area contributed by atoms with Gasteiger partial charge in [-0.25, -0.2) is 0 Å². The zero-order valence-corrected chi connectivity index (χ0v) is 11.8. The first-order valence-corrected chi connectivity index (χ1v) is 6.76. The maximum Gasteiger partial charge on any atom is 0.268 e. The number of hydrogen-bond acceptors (Lipinski definition) is 2. The molecule has 0 aromatic carbocycles. The molecule has 1 aliphatic heterocycles. The standard InChI is InChI=1S/C12H18BrN3O/c1-8(2)16-7-9(13)5-11(16)12(17)15-10-3-4-14-6-10/h5,7-8,10,14H,3-4,6H2,1-2H3,(H,15,17)/t10-/m1/s1. The summed E-state index contributed by atoms with van der Waals surface area (Å²) in [5, 5.41) is 6.30. The summed E-state index contributed by atoms with van der Waals surface area (Å²) in [6, 6.07) is 2.41. The van der Waals surface area contributed by atoms with Crippen LogP contribution in [0.15, 0.2) is 16.7 Å². The fraction of sp³-hybridized carbons (Fsp3) is 0.583. The monoisotopic (exact) mass is 299 g/mol. The average Bonchev–Trinajstić information content (AvgIpc) is 2.86. The predicted octanol–water partition coefficient (Wildman–Crippen LogP) is 1.92. The third-order valence-electron chi connectivity index (χ3n) is 3.00. The van der Waals surface area contributed by atoms with E-state index in [1.807, 2.05) is 16.8 Å². The van der Waals surface area contributed by atoms with Crippen molar-refractivity contribution in [1.29, 1.82) is 0 Å². The molecule has 1 saturated heterocycles. The normalized spacial score (nSPS) is 19.9.